The van der Waals surface area contributed by atoms with Crippen molar-refractivity contribution in [2.45, 2.75) is 83.2 Å². The topological polar surface area (TPSA) is 62.0 Å². The fourth-order valence-electron chi connectivity index (χ4n) is 3.82. The molecule has 0 radical (unpaired) electrons. The van der Waals surface area contributed by atoms with Crippen molar-refractivity contribution < 1.29 is 9.90 Å². The second-order valence-corrected chi connectivity index (χ2v) is 7.11. The minimum absolute atomic E-state index is 0.260. The van der Waals surface area contributed by atoms with E-state index < -0.39 is 5.97 Å². The first-order valence-electron chi connectivity index (χ1n) is 9.65. The summed E-state index contributed by atoms with van der Waals surface area (Å²) in [4.78, 5) is 10.5. The van der Waals surface area contributed by atoms with Crippen molar-refractivity contribution in [3.05, 3.63) is 24.3 Å². The maximum Gasteiger partial charge on any atom is 0.303 e. The van der Waals surface area contributed by atoms with Gasteiger partial charge in [0.2, 0.25) is 0 Å². The molecule has 0 saturated heterocycles. The normalized spacial score (nSPS) is 28.5. The number of fused-ring (bicyclic) bond motifs is 2. The molecule has 2 unspecified atom stereocenters. The van der Waals surface area contributed by atoms with Gasteiger partial charge < -0.3 is 5.11 Å². The zero-order valence-electron chi connectivity index (χ0n) is 14.9. The molecule has 2 aliphatic rings. The number of carbonyl (C=O) groups is 1. The molecule has 1 N–H and O–H groups in total. The number of hydrogen-bond acceptors (Lipinski definition) is 3. The van der Waals surface area contributed by atoms with E-state index in [4.69, 9.17) is 5.11 Å². The van der Waals surface area contributed by atoms with Gasteiger partial charge in [0.1, 0.15) is 0 Å². The first-order valence-corrected chi connectivity index (χ1v) is 9.65. The van der Waals surface area contributed by atoms with Crippen molar-refractivity contribution in [1.82, 2.24) is 0 Å². The Hall–Kier alpha value is -1.45. The third kappa shape index (κ3) is 5.88. The van der Waals surface area contributed by atoms with Crippen LogP contribution in [-0.4, -0.2) is 23.2 Å². The molecule has 0 aromatic heterocycles. The van der Waals surface area contributed by atoms with Crippen LogP contribution in [0.15, 0.2) is 34.5 Å². The van der Waals surface area contributed by atoms with E-state index in [-0.39, 0.29) is 6.42 Å². The lowest BCUT2D eigenvalue weighted by Crippen LogP contribution is -2.21. The second-order valence-electron chi connectivity index (χ2n) is 7.11. The Bertz CT molecular complexity index is 470. The fourth-order valence-corrected chi connectivity index (χ4v) is 3.82. The summed E-state index contributed by atoms with van der Waals surface area (Å²) in [7, 11) is 0. The average molecular weight is 332 g/mol. The van der Waals surface area contributed by atoms with Crippen LogP contribution in [-0.2, 0) is 4.79 Å². The molecule has 2 rings (SSSR count). The molecule has 0 aromatic carbocycles. The number of nitrogens with zero attached hydrogens (tertiary/aromatic N) is 2. The van der Waals surface area contributed by atoms with Gasteiger partial charge in [-0.05, 0) is 44.4 Å². The second kappa shape index (κ2) is 10.4. The van der Waals surface area contributed by atoms with Crippen LogP contribution < -0.4 is 0 Å². The van der Waals surface area contributed by atoms with E-state index in [9.17, 15) is 4.79 Å². The smallest absolute Gasteiger partial charge is 0.303 e. The minimum Gasteiger partial charge on any atom is -0.481 e. The highest BCUT2D eigenvalue weighted by atomic mass is 16.4. The molecule has 2 bridgehead atoms. The molecule has 134 valence electrons. The van der Waals surface area contributed by atoms with E-state index in [0.717, 1.165) is 25.7 Å². The highest BCUT2D eigenvalue weighted by Crippen LogP contribution is 2.44. The Morgan fingerprint density at radius 2 is 1.83 bits per heavy atom. The predicted molar refractivity (Wildman–Crippen MR) is 97.2 cm³/mol. The van der Waals surface area contributed by atoms with Gasteiger partial charge in [0.15, 0.2) is 0 Å². The minimum atomic E-state index is -0.707. The van der Waals surface area contributed by atoms with Gasteiger partial charge in [-0.15, -0.1) is 0 Å². The number of carboxylic acid groups (broad SMARTS) is 1. The Morgan fingerprint density at radius 3 is 2.62 bits per heavy atom. The standard InChI is InChI=1S/C20H32N2O2/c1-2-3-4-5-6-9-12-16-17(19-15-18(16)21-22-19)13-10-7-8-11-14-20(23)24/h7,9-10,12,16-19H,2-6,8,11,13-15H2,1H3,(H,23,24)/b10-7+,12-9+/t16-,17-,18?,19?/m1/s1. The van der Waals surface area contributed by atoms with Crippen LogP contribution in [0.4, 0.5) is 0 Å². The molecule has 1 saturated carbocycles. The Labute approximate surface area is 146 Å². The maximum atomic E-state index is 10.5. The molecule has 4 atom stereocenters. The zero-order valence-corrected chi connectivity index (χ0v) is 14.9. The molecule has 4 heteroatoms. The predicted octanol–water partition coefficient (Wildman–Crippen LogP) is 5.55. The van der Waals surface area contributed by atoms with Crippen LogP contribution in [0.1, 0.15) is 71.1 Å². The lowest BCUT2D eigenvalue weighted by molar-refractivity contribution is -0.137. The molecule has 1 aliphatic heterocycles. The molecule has 0 aromatic rings. The highest BCUT2D eigenvalue weighted by molar-refractivity contribution is 5.66. The quantitative estimate of drug-likeness (QED) is 0.376. The Balaban J connectivity index is 1.73. The molecular weight excluding hydrogens is 300 g/mol. The van der Waals surface area contributed by atoms with E-state index in [1.807, 2.05) is 0 Å². The highest BCUT2D eigenvalue weighted by Gasteiger charge is 2.45. The van der Waals surface area contributed by atoms with Gasteiger partial charge in [-0.25, -0.2) is 0 Å². The monoisotopic (exact) mass is 332 g/mol. The van der Waals surface area contributed by atoms with Gasteiger partial charge in [0.25, 0.3) is 0 Å². The molecule has 0 spiro atoms. The van der Waals surface area contributed by atoms with Crippen LogP contribution in [0.25, 0.3) is 0 Å². The molecule has 1 aliphatic carbocycles. The fraction of sp³-hybridized carbons (Fsp3) is 0.750. The summed E-state index contributed by atoms with van der Waals surface area (Å²) >= 11 is 0. The summed E-state index contributed by atoms with van der Waals surface area (Å²) in [5.74, 6) is 0.415. The number of allylic oxidation sites excluding steroid dienone is 3. The van der Waals surface area contributed by atoms with E-state index in [1.165, 1.54) is 32.1 Å². The van der Waals surface area contributed by atoms with Gasteiger partial charge >= 0.3 is 5.97 Å². The van der Waals surface area contributed by atoms with Gasteiger partial charge in [-0.3, -0.25) is 4.79 Å². The van der Waals surface area contributed by atoms with Gasteiger partial charge in [-0.1, -0.05) is 50.5 Å². The number of hydrogen-bond donors (Lipinski definition) is 1. The zero-order chi connectivity index (χ0) is 17.2. The summed E-state index contributed by atoms with van der Waals surface area (Å²) in [5, 5.41) is 17.5. The summed E-state index contributed by atoms with van der Waals surface area (Å²) in [6.45, 7) is 2.25. The molecule has 1 heterocycles. The Morgan fingerprint density at radius 1 is 1.04 bits per heavy atom. The SMILES string of the molecule is CCCCCC/C=C/[C@H]1C2CC(N=N2)[C@@H]1C/C=C/CCCC(=O)O. The first kappa shape index (κ1) is 18.9. The average Bonchev–Trinajstić information content (AvgIpc) is 3.15. The van der Waals surface area contributed by atoms with Crippen molar-refractivity contribution in [2.24, 2.45) is 22.1 Å². The Kier molecular flexibility index (Phi) is 8.20. The van der Waals surface area contributed by atoms with Crippen molar-refractivity contribution in [1.29, 1.82) is 0 Å². The van der Waals surface area contributed by atoms with E-state index in [0.29, 0.717) is 23.9 Å². The molecule has 0 amide bonds. The van der Waals surface area contributed by atoms with Crippen molar-refractivity contribution >= 4 is 5.97 Å². The van der Waals surface area contributed by atoms with Gasteiger partial charge in [-0.2, -0.15) is 10.2 Å². The van der Waals surface area contributed by atoms with Crippen LogP contribution in [0.3, 0.4) is 0 Å². The maximum absolute atomic E-state index is 10.5. The molecular formula is C20H32N2O2. The molecule has 24 heavy (non-hydrogen) atoms. The first-order chi connectivity index (χ1) is 11.7. The third-order valence-electron chi connectivity index (χ3n) is 5.20. The van der Waals surface area contributed by atoms with Gasteiger partial charge in [0.05, 0.1) is 12.1 Å². The molecule has 4 nitrogen and oxygen atoms in total. The lowest BCUT2D eigenvalue weighted by Gasteiger charge is -2.22. The van der Waals surface area contributed by atoms with Crippen molar-refractivity contribution in [3.8, 4) is 0 Å². The molecule has 1 fully saturated rings. The lowest BCUT2D eigenvalue weighted by atomic mass is 9.87. The largest absolute Gasteiger partial charge is 0.481 e. The number of unbranched alkanes of at least 4 members (excludes halogenated alkanes) is 5. The number of aliphatic carboxylic acids is 1. The van der Waals surface area contributed by atoms with Crippen LogP contribution >= 0.6 is 0 Å². The van der Waals surface area contributed by atoms with Crippen molar-refractivity contribution in [3.63, 3.8) is 0 Å². The van der Waals surface area contributed by atoms with Crippen LogP contribution in [0.5, 0.6) is 0 Å². The van der Waals surface area contributed by atoms with E-state index in [1.54, 1.807) is 0 Å². The van der Waals surface area contributed by atoms with Crippen LogP contribution in [0.2, 0.25) is 0 Å². The van der Waals surface area contributed by atoms with Crippen LogP contribution in [0, 0.1) is 11.8 Å². The third-order valence-corrected chi connectivity index (χ3v) is 5.20. The summed E-state index contributed by atoms with van der Waals surface area (Å²) < 4.78 is 0. The van der Waals surface area contributed by atoms with E-state index >= 15 is 0 Å². The number of rotatable bonds is 12. The van der Waals surface area contributed by atoms with Gasteiger partial charge in [0, 0.05) is 12.3 Å². The summed E-state index contributed by atoms with van der Waals surface area (Å²) in [6, 6.07) is 0.792. The van der Waals surface area contributed by atoms with Crippen molar-refractivity contribution in [2.75, 3.05) is 0 Å². The number of azo groups is 1. The summed E-state index contributed by atoms with van der Waals surface area (Å²) in [6.07, 6.45) is 19.6. The summed E-state index contributed by atoms with van der Waals surface area (Å²) in [5.41, 5.74) is 0. The van der Waals surface area contributed by atoms with E-state index in [2.05, 4.69) is 41.5 Å². The number of carboxylic acids is 1.